The zero-order chi connectivity index (χ0) is 70.5. The van der Waals surface area contributed by atoms with Gasteiger partial charge in [0.1, 0.15) is 19.3 Å². The van der Waals surface area contributed by atoms with Gasteiger partial charge in [-0.15, -0.1) is 0 Å². The molecule has 0 radical (unpaired) electrons. The zero-order valence-electron chi connectivity index (χ0n) is 62.5. The molecule has 0 aromatic rings. The van der Waals surface area contributed by atoms with E-state index in [0.717, 1.165) is 95.8 Å². The predicted molar refractivity (Wildman–Crippen MR) is 391 cm³/mol. The van der Waals surface area contributed by atoms with Crippen LogP contribution >= 0.6 is 15.6 Å². The SMILES string of the molecule is CCCCCCCCCCCCCCCCCCCCC(=O)O[C@H](COC(=O)CCCCCCCCCCCCCCC)COP(=O)(O)OC[C@@H](O)COP(=O)(O)OC[C@@H](COC(=O)CCCCCCCCCCC(C)CC)OC(=O)CCCCCCCCCCCCCCC. The number of hydrogen-bond donors (Lipinski definition) is 3. The number of phosphoric acid groups is 2. The number of aliphatic hydroxyl groups excluding tert-OH is 1. The highest BCUT2D eigenvalue weighted by molar-refractivity contribution is 7.47. The van der Waals surface area contributed by atoms with E-state index in [0.29, 0.717) is 25.7 Å². The van der Waals surface area contributed by atoms with Gasteiger partial charge in [-0.2, -0.15) is 0 Å². The molecule has 0 aliphatic rings. The lowest BCUT2D eigenvalue weighted by Gasteiger charge is -2.21. The summed E-state index contributed by atoms with van der Waals surface area (Å²) >= 11 is 0. The van der Waals surface area contributed by atoms with Gasteiger partial charge in [0.15, 0.2) is 12.2 Å². The number of rotatable bonds is 77. The van der Waals surface area contributed by atoms with E-state index in [1.807, 2.05) is 0 Å². The summed E-state index contributed by atoms with van der Waals surface area (Å²) in [4.78, 5) is 72.9. The largest absolute Gasteiger partial charge is 0.472 e. The number of carbonyl (C=O) groups excluding carboxylic acids is 4. The third-order valence-corrected chi connectivity index (χ3v) is 20.3. The van der Waals surface area contributed by atoms with Crippen LogP contribution in [0.2, 0.25) is 0 Å². The summed E-state index contributed by atoms with van der Waals surface area (Å²) in [7, 11) is -9.91. The Balaban J connectivity index is 5.25. The van der Waals surface area contributed by atoms with Crippen molar-refractivity contribution in [3.63, 3.8) is 0 Å². The van der Waals surface area contributed by atoms with Gasteiger partial charge in [0.2, 0.25) is 0 Å². The van der Waals surface area contributed by atoms with Crippen molar-refractivity contribution in [2.24, 2.45) is 5.92 Å². The zero-order valence-corrected chi connectivity index (χ0v) is 64.3. The molecular weight excluding hydrogens is 1260 g/mol. The Bertz CT molecular complexity index is 1840. The second-order valence-corrected chi connectivity index (χ2v) is 30.9. The Hall–Kier alpha value is -1.94. The number of hydrogen-bond acceptors (Lipinski definition) is 15. The minimum Gasteiger partial charge on any atom is -0.462 e. The molecular formula is C77H150O17P2. The van der Waals surface area contributed by atoms with E-state index in [1.165, 1.54) is 231 Å². The van der Waals surface area contributed by atoms with Crippen molar-refractivity contribution in [1.29, 1.82) is 0 Å². The number of phosphoric ester groups is 2. The molecule has 96 heavy (non-hydrogen) atoms. The molecule has 0 amide bonds. The number of esters is 4. The van der Waals surface area contributed by atoms with Crippen LogP contribution in [0.15, 0.2) is 0 Å². The second kappa shape index (κ2) is 70.1. The normalized spacial score (nSPS) is 14.2. The van der Waals surface area contributed by atoms with E-state index in [9.17, 15) is 43.2 Å². The molecule has 0 spiro atoms. The fraction of sp³-hybridized carbons (Fsp3) is 0.948. The highest BCUT2D eigenvalue weighted by atomic mass is 31.2. The van der Waals surface area contributed by atoms with Crippen molar-refractivity contribution < 1.29 is 80.2 Å². The average Bonchev–Trinajstić information content (AvgIpc) is 1.64. The Morgan fingerprint density at radius 2 is 0.500 bits per heavy atom. The summed E-state index contributed by atoms with van der Waals surface area (Å²) in [6.45, 7) is 7.31. The molecule has 0 saturated heterocycles. The maximum absolute atomic E-state index is 13.1. The van der Waals surface area contributed by atoms with Crippen LogP contribution in [-0.4, -0.2) is 96.7 Å². The van der Waals surface area contributed by atoms with Crippen LogP contribution in [0.5, 0.6) is 0 Å². The third-order valence-electron chi connectivity index (χ3n) is 18.4. The molecule has 3 unspecified atom stereocenters. The summed E-state index contributed by atoms with van der Waals surface area (Å²) in [6, 6.07) is 0. The standard InChI is InChI=1S/C77H150O17P2/c1-6-10-13-16-19-22-25-28-29-30-31-32-35-38-41-48-53-58-63-77(82)93-72(66-87-74(79)60-55-50-45-39-36-33-26-23-20-17-14-11-7-2)68-91-95(83,84)89-64-71(78)65-90-96(85,86)92-69-73(67-88-75(80)61-56-51-46-43-42-44-49-54-59-70(5)9-4)94-76(81)62-57-52-47-40-37-34-27-24-21-18-15-12-8-3/h70-73,78H,6-69H2,1-5H3,(H,83,84)(H,85,86)/t70?,71-,72-,73-/m1/s1. The first-order valence-electron chi connectivity index (χ1n) is 40.2. The Morgan fingerprint density at radius 3 is 0.740 bits per heavy atom. The molecule has 0 aromatic carbocycles. The number of carbonyl (C=O) groups is 4. The van der Waals surface area contributed by atoms with E-state index >= 15 is 0 Å². The first-order chi connectivity index (χ1) is 46.6. The van der Waals surface area contributed by atoms with Crippen molar-refractivity contribution in [3.8, 4) is 0 Å². The monoisotopic (exact) mass is 1410 g/mol. The lowest BCUT2D eigenvalue weighted by molar-refractivity contribution is -0.161. The molecule has 0 aromatic heterocycles. The van der Waals surface area contributed by atoms with Gasteiger partial charge in [-0.25, -0.2) is 9.13 Å². The minimum atomic E-state index is -4.96. The molecule has 6 atom stereocenters. The van der Waals surface area contributed by atoms with E-state index < -0.39 is 97.5 Å². The molecule has 0 fully saturated rings. The predicted octanol–water partition coefficient (Wildman–Crippen LogP) is 22.9. The maximum Gasteiger partial charge on any atom is 0.472 e. The van der Waals surface area contributed by atoms with Crippen LogP contribution in [0.3, 0.4) is 0 Å². The van der Waals surface area contributed by atoms with Crippen molar-refractivity contribution in [3.05, 3.63) is 0 Å². The second-order valence-electron chi connectivity index (χ2n) is 28.0. The van der Waals surface area contributed by atoms with Crippen LogP contribution in [-0.2, 0) is 65.4 Å². The minimum absolute atomic E-state index is 0.108. The molecule has 0 saturated carbocycles. The van der Waals surface area contributed by atoms with Gasteiger partial charge in [0.25, 0.3) is 0 Å². The first-order valence-corrected chi connectivity index (χ1v) is 43.2. The van der Waals surface area contributed by atoms with E-state index in [-0.39, 0.29) is 25.7 Å². The quantitative estimate of drug-likeness (QED) is 0.0222. The smallest absolute Gasteiger partial charge is 0.462 e. The third kappa shape index (κ3) is 69.2. The summed E-state index contributed by atoms with van der Waals surface area (Å²) in [5, 5.41) is 10.6. The van der Waals surface area contributed by atoms with Crippen molar-refractivity contribution >= 4 is 39.5 Å². The Labute approximate surface area is 588 Å². The topological polar surface area (TPSA) is 237 Å². The average molecular weight is 1410 g/mol. The van der Waals surface area contributed by atoms with Crippen LogP contribution in [0, 0.1) is 5.92 Å². The van der Waals surface area contributed by atoms with E-state index in [2.05, 4.69) is 34.6 Å². The highest BCUT2D eigenvalue weighted by Crippen LogP contribution is 2.45. The Kier molecular flexibility index (Phi) is 68.7. The van der Waals surface area contributed by atoms with Crippen LogP contribution in [0.25, 0.3) is 0 Å². The number of aliphatic hydroxyl groups is 1. The van der Waals surface area contributed by atoms with E-state index in [4.69, 9.17) is 37.0 Å². The highest BCUT2D eigenvalue weighted by Gasteiger charge is 2.30. The molecule has 570 valence electrons. The van der Waals surface area contributed by atoms with Crippen molar-refractivity contribution in [2.75, 3.05) is 39.6 Å². The van der Waals surface area contributed by atoms with Gasteiger partial charge in [0, 0.05) is 25.7 Å². The Morgan fingerprint density at radius 1 is 0.292 bits per heavy atom. The molecule has 3 N–H and O–H groups in total. The fourth-order valence-electron chi connectivity index (χ4n) is 11.8. The van der Waals surface area contributed by atoms with Gasteiger partial charge in [-0.05, 0) is 31.6 Å². The molecule has 0 aliphatic carbocycles. The first kappa shape index (κ1) is 94.1. The van der Waals surface area contributed by atoms with E-state index in [1.54, 1.807) is 0 Å². The van der Waals surface area contributed by atoms with Crippen molar-refractivity contribution in [2.45, 2.75) is 425 Å². The molecule has 0 rings (SSSR count). The molecule has 17 nitrogen and oxygen atoms in total. The number of unbranched alkanes of at least 4 members (excludes halogenated alkanes) is 48. The molecule has 0 heterocycles. The fourth-order valence-corrected chi connectivity index (χ4v) is 13.4. The lowest BCUT2D eigenvalue weighted by atomic mass is 9.99. The summed E-state index contributed by atoms with van der Waals surface area (Å²) < 4.78 is 68.6. The summed E-state index contributed by atoms with van der Waals surface area (Å²) in [5.41, 5.74) is 0. The van der Waals surface area contributed by atoms with Crippen molar-refractivity contribution in [1.82, 2.24) is 0 Å². The van der Waals surface area contributed by atoms with Gasteiger partial charge in [0.05, 0.1) is 26.4 Å². The van der Waals surface area contributed by atoms with Gasteiger partial charge < -0.3 is 33.8 Å². The maximum atomic E-state index is 13.1. The number of ether oxygens (including phenoxy) is 4. The van der Waals surface area contributed by atoms with Gasteiger partial charge in [-0.1, -0.05) is 356 Å². The van der Waals surface area contributed by atoms with Gasteiger partial charge in [-0.3, -0.25) is 37.3 Å². The van der Waals surface area contributed by atoms with Crippen LogP contribution in [0.1, 0.15) is 407 Å². The van der Waals surface area contributed by atoms with Crippen LogP contribution in [0.4, 0.5) is 0 Å². The lowest BCUT2D eigenvalue weighted by Crippen LogP contribution is -2.30. The van der Waals surface area contributed by atoms with Gasteiger partial charge >= 0.3 is 39.5 Å². The summed E-state index contributed by atoms with van der Waals surface area (Å²) in [5.74, 6) is -1.33. The summed E-state index contributed by atoms with van der Waals surface area (Å²) in [6.07, 6.45) is 59.4. The molecule has 0 aliphatic heterocycles. The molecule has 19 heteroatoms. The molecule has 0 bridgehead atoms. The van der Waals surface area contributed by atoms with Crippen LogP contribution < -0.4 is 0 Å².